The van der Waals surface area contributed by atoms with Gasteiger partial charge in [0.1, 0.15) is 5.75 Å². The standard InChI is InChI=1S/C16H18N2O4S2/c1-3-22-15(20)10-23-9-14(19)18-16-17-13(8-24-16)11-4-6-12(21-2)7-5-11/h4-8H,3,9-10H2,1-2H3,(H,17,18,19). The lowest BCUT2D eigenvalue weighted by Crippen LogP contribution is -2.16. The minimum Gasteiger partial charge on any atom is -0.497 e. The molecule has 8 heteroatoms. The molecule has 0 unspecified atom stereocenters. The normalized spacial score (nSPS) is 10.2. The molecule has 0 saturated carbocycles. The van der Waals surface area contributed by atoms with Crippen LogP contribution in [0.25, 0.3) is 11.3 Å². The van der Waals surface area contributed by atoms with Crippen molar-refractivity contribution in [2.24, 2.45) is 0 Å². The lowest BCUT2D eigenvalue weighted by Gasteiger charge is -2.02. The van der Waals surface area contributed by atoms with Gasteiger partial charge in [0.05, 0.1) is 30.9 Å². The zero-order valence-electron chi connectivity index (χ0n) is 13.4. The maximum absolute atomic E-state index is 11.8. The lowest BCUT2D eigenvalue weighted by molar-refractivity contribution is -0.139. The highest BCUT2D eigenvalue weighted by molar-refractivity contribution is 8.00. The number of carbonyl (C=O) groups is 2. The summed E-state index contributed by atoms with van der Waals surface area (Å²) in [5.74, 6) is 0.611. The molecule has 1 aromatic heterocycles. The maximum Gasteiger partial charge on any atom is 0.315 e. The molecule has 2 rings (SSSR count). The third-order valence-corrected chi connectivity index (χ3v) is 4.56. The van der Waals surface area contributed by atoms with Crippen molar-refractivity contribution in [3.8, 4) is 17.0 Å². The fourth-order valence-electron chi connectivity index (χ4n) is 1.81. The van der Waals surface area contributed by atoms with Gasteiger partial charge in [0.2, 0.25) is 5.91 Å². The number of thiazole rings is 1. The van der Waals surface area contributed by atoms with Crippen LogP contribution in [0.1, 0.15) is 6.92 Å². The monoisotopic (exact) mass is 366 g/mol. The van der Waals surface area contributed by atoms with Crippen LogP contribution in [0.15, 0.2) is 29.6 Å². The van der Waals surface area contributed by atoms with E-state index in [0.29, 0.717) is 11.7 Å². The molecular weight excluding hydrogens is 348 g/mol. The van der Waals surface area contributed by atoms with E-state index < -0.39 is 0 Å². The van der Waals surface area contributed by atoms with Gasteiger partial charge in [-0.2, -0.15) is 0 Å². The molecule has 2 aromatic rings. The van der Waals surface area contributed by atoms with E-state index >= 15 is 0 Å². The molecule has 0 radical (unpaired) electrons. The maximum atomic E-state index is 11.8. The second kappa shape index (κ2) is 9.29. The topological polar surface area (TPSA) is 77.5 Å². The van der Waals surface area contributed by atoms with E-state index in [1.165, 1.54) is 23.1 Å². The fourth-order valence-corrected chi connectivity index (χ4v) is 3.16. The van der Waals surface area contributed by atoms with Gasteiger partial charge in [-0.05, 0) is 31.2 Å². The van der Waals surface area contributed by atoms with E-state index in [2.05, 4.69) is 10.3 Å². The van der Waals surface area contributed by atoms with Crippen molar-refractivity contribution < 1.29 is 19.1 Å². The van der Waals surface area contributed by atoms with Gasteiger partial charge in [0.15, 0.2) is 5.13 Å². The van der Waals surface area contributed by atoms with Crippen LogP contribution in [0.2, 0.25) is 0 Å². The third kappa shape index (κ3) is 5.54. The van der Waals surface area contributed by atoms with Crippen molar-refractivity contribution in [3.05, 3.63) is 29.6 Å². The highest BCUT2D eigenvalue weighted by atomic mass is 32.2. The number of thioether (sulfide) groups is 1. The first-order valence-electron chi connectivity index (χ1n) is 7.25. The molecule has 1 aromatic carbocycles. The zero-order valence-corrected chi connectivity index (χ0v) is 15.0. The number of nitrogens with zero attached hydrogens (tertiary/aromatic N) is 1. The van der Waals surface area contributed by atoms with E-state index in [1.54, 1.807) is 14.0 Å². The van der Waals surface area contributed by atoms with Gasteiger partial charge in [0, 0.05) is 10.9 Å². The summed E-state index contributed by atoms with van der Waals surface area (Å²) in [6.07, 6.45) is 0. The van der Waals surface area contributed by atoms with Crippen molar-refractivity contribution in [2.45, 2.75) is 6.92 Å². The van der Waals surface area contributed by atoms with Gasteiger partial charge in [-0.1, -0.05) is 0 Å². The number of aromatic nitrogens is 1. The van der Waals surface area contributed by atoms with Crippen LogP contribution in [0.4, 0.5) is 5.13 Å². The molecule has 0 aliphatic carbocycles. The molecule has 1 N–H and O–H groups in total. The highest BCUT2D eigenvalue weighted by Crippen LogP contribution is 2.26. The number of nitrogens with one attached hydrogen (secondary N) is 1. The minimum absolute atomic E-state index is 0.163. The molecule has 0 atom stereocenters. The minimum atomic E-state index is -0.314. The Morgan fingerprint density at radius 3 is 2.67 bits per heavy atom. The lowest BCUT2D eigenvalue weighted by atomic mass is 10.2. The molecule has 0 bridgehead atoms. The molecule has 128 valence electrons. The predicted octanol–water partition coefficient (Wildman–Crippen LogP) is 3.05. The van der Waals surface area contributed by atoms with E-state index in [9.17, 15) is 9.59 Å². The number of amides is 1. The molecule has 0 saturated heterocycles. The van der Waals surface area contributed by atoms with E-state index in [-0.39, 0.29) is 23.4 Å². The summed E-state index contributed by atoms with van der Waals surface area (Å²) >= 11 is 2.57. The quantitative estimate of drug-likeness (QED) is 0.724. The molecule has 0 fully saturated rings. The molecule has 6 nitrogen and oxygen atoms in total. The number of anilines is 1. The van der Waals surface area contributed by atoms with Crippen molar-refractivity contribution in [1.82, 2.24) is 4.98 Å². The van der Waals surface area contributed by atoms with Crippen LogP contribution in [-0.2, 0) is 14.3 Å². The Kier molecular flexibility index (Phi) is 7.07. The van der Waals surface area contributed by atoms with E-state index in [0.717, 1.165) is 17.0 Å². The summed E-state index contributed by atoms with van der Waals surface area (Å²) in [6.45, 7) is 2.09. The Morgan fingerprint density at radius 1 is 1.25 bits per heavy atom. The van der Waals surface area contributed by atoms with Gasteiger partial charge < -0.3 is 14.8 Å². The summed E-state index contributed by atoms with van der Waals surface area (Å²) in [5, 5.41) is 5.14. The van der Waals surface area contributed by atoms with Crippen LogP contribution in [0, 0.1) is 0 Å². The largest absolute Gasteiger partial charge is 0.497 e. The SMILES string of the molecule is CCOC(=O)CSCC(=O)Nc1nc(-c2ccc(OC)cc2)cs1. The van der Waals surface area contributed by atoms with Gasteiger partial charge in [-0.15, -0.1) is 23.1 Å². The summed E-state index contributed by atoms with van der Waals surface area (Å²) in [7, 11) is 1.62. The zero-order chi connectivity index (χ0) is 17.4. The summed E-state index contributed by atoms with van der Waals surface area (Å²) < 4.78 is 9.92. The molecule has 0 spiro atoms. The number of rotatable bonds is 8. The van der Waals surface area contributed by atoms with Crippen LogP contribution in [-0.4, -0.2) is 42.1 Å². The second-order valence-corrected chi connectivity index (χ2v) is 6.46. The van der Waals surface area contributed by atoms with Crippen molar-refractivity contribution in [1.29, 1.82) is 0 Å². The van der Waals surface area contributed by atoms with Crippen molar-refractivity contribution in [2.75, 3.05) is 30.5 Å². The molecule has 1 amide bonds. The number of benzene rings is 1. The average Bonchev–Trinajstić information content (AvgIpc) is 3.03. The Balaban J connectivity index is 1.84. The predicted molar refractivity (Wildman–Crippen MR) is 96.7 cm³/mol. The number of ether oxygens (including phenoxy) is 2. The Labute approximate surface area is 148 Å². The van der Waals surface area contributed by atoms with Gasteiger partial charge in [0.25, 0.3) is 0 Å². The van der Waals surface area contributed by atoms with Crippen LogP contribution >= 0.6 is 23.1 Å². The van der Waals surface area contributed by atoms with E-state index in [4.69, 9.17) is 9.47 Å². The van der Waals surface area contributed by atoms with Gasteiger partial charge in [-0.25, -0.2) is 4.98 Å². The molecule has 24 heavy (non-hydrogen) atoms. The van der Waals surface area contributed by atoms with E-state index in [1.807, 2.05) is 29.6 Å². The fraction of sp³-hybridized carbons (Fsp3) is 0.312. The number of hydrogen-bond donors (Lipinski definition) is 1. The number of esters is 1. The Bertz CT molecular complexity index is 686. The number of hydrogen-bond acceptors (Lipinski definition) is 7. The summed E-state index contributed by atoms with van der Waals surface area (Å²) in [4.78, 5) is 27.4. The second-order valence-electron chi connectivity index (χ2n) is 4.61. The smallest absolute Gasteiger partial charge is 0.315 e. The van der Waals surface area contributed by atoms with Gasteiger partial charge in [-0.3, -0.25) is 9.59 Å². The Morgan fingerprint density at radius 2 is 2.00 bits per heavy atom. The van der Waals surface area contributed by atoms with Crippen molar-refractivity contribution >= 4 is 40.1 Å². The summed E-state index contributed by atoms with van der Waals surface area (Å²) in [5.41, 5.74) is 1.74. The molecule has 1 heterocycles. The molecular formula is C16H18N2O4S2. The van der Waals surface area contributed by atoms with Crippen molar-refractivity contribution in [3.63, 3.8) is 0 Å². The first kappa shape index (κ1) is 18.3. The number of carbonyl (C=O) groups excluding carboxylic acids is 2. The summed E-state index contributed by atoms with van der Waals surface area (Å²) in [6, 6.07) is 7.54. The average molecular weight is 366 g/mol. The first-order valence-corrected chi connectivity index (χ1v) is 9.29. The van der Waals surface area contributed by atoms with Gasteiger partial charge >= 0.3 is 5.97 Å². The number of methoxy groups -OCH3 is 1. The van der Waals surface area contributed by atoms with Crippen LogP contribution in [0.3, 0.4) is 0 Å². The highest BCUT2D eigenvalue weighted by Gasteiger charge is 2.10. The third-order valence-electron chi connectivity index (χ3n) is 2.89. The first-order chi connectivity index (χ1) is 11.6. The molecule has 0 aliphatic rings. The molecule has 0 aliphatic heterocycles. The van der Waals surface area contributed by atoms with Crippen LogP contribution in [0.5, 0.6) is 5.75 Å². The Hall–Kier alpha value is -2.06. The van der Waals surface area contributed by atoms with Crippen LogP contribution < -0.4 is 10.1 Å².